The number of hydrogen-bond acceptors (Lipinski definition) is 3. The second-order valence-corrected chi connectivity index (χ2v) is 8.17. The van der Waals surface area contributed by atoms with Crippen LogP contribution in [0.2, 0.25) is 0 Å². The zero-order valence-electron chi connectivity index (χ0n) is 17.5. The fourth-order valence-corrected chi connectivity index (χ4v) is 4.08. The quantitative estimate of drug-likeness (QED) is 0.792. The summed E-state index contributed by atoms with van der Waals surface area (Å²) < 4.78 is 0. The van der Waals surface area contributed by atoms with Crippen LogP contribution in [-0.4, -0.2) is 53.8 Å². The lowest BCUT2D eigenvalue weighted by Gasteiger charge is -2.38. The lowest BCUT2D eigenvalue weighted by atomic mass is 9.93. The monoisotopic (exact) mass is 373 g/mol. The second-order valence-electron chi connectivity index (χ2n) is 8.17. The summed E-state index contributed by atoms with van der Waals surface area (Å²) >= 11 is 0. The lowest BCUT2D eigenvalue weighted by molar-refractivity contribution is -0.137. The van der Waals surface area contributed by atoms with E-state index in [2.05, 4.69) is 19.2 Å². The van der Waals surface area contributed by atoms with Gasteiger partial charge >= 0.3 is 0 Å². The Morgan fingerprint density at radius 1 is 1.07 bits per heavy atom. The van der Waals surface area contributed by atoms with Crippen LogP contribution < -0.4 is 5.32 Å². The van der Waals surface area contributed by atoms with Crippen molar-refractivity contribution in [2.75, 3.05) is 25.5 Å². The van der Waals surface area contributed by atoms with Gasteiger partial charge in [-0.1, -0.05) is 37.5 Å². The molecule has 0 aromatic heterocycles. The number of nitrogens with zero attached hydrogens (tertiary/aromatic N) is 2. The molecule has 0 atom stereocenters. The molecule has 2 amide bonds. The molecule has 1 aliphatic carbocycles. The topological polar surface area (TPSA) is 52.7 Å². The first-order valence-electron chi connectivity index (χ1n) is 10.2. The van der Waals surface area contributed by atoms with E-state index in [1.807, 2.05) is 48.9 Å². The molecule has 0 spiro atoms. The van der Waals surface area contributed by atoms with Crippen molar-refractivity contribution in [3.63, 3.8) is 0 Å². The van der Waals surface area contributed by atoms with E-state index in [0.717, 1.165) is 29.7 Å². The fourth-order valence-electron chi connectivity index (χ4n) is 4.08. The van der Waals surface area contributed by atoms with Crippen LogP contribution in [0.5, 0.6) is 0 Å². The molecule has 1 aromatic rings. The number of benzene rings is 1. The highest BCUT2D eigenvalue weighted by Gasteiger charge is 2.28. The van der Waals surface area contributed by atoms with Gasteiger partial charge in [-0.2, -0.15) is 0 Å². The van der Waals surface area contributed by atoms with Gasteiger partial charge in [-0.3, -0.25) is 14.5 Å². The molecule has 0 bridgehead atoms. The molecular weight excluding hydrogens is 338 g/mol. The number of likely N-dealkylation sites (N-methyl/N-ethyl adjacent to an activating group) is 1. The van der Waals surface area contributed by atoms with Gasteiger partial charge in [-0.25, -0.2) is 0 Å². The summed E-state index contributed by atoms with van der Waals surface area (Å²) in [6, 6.07) is 6.50. The normalized spacial score (nSPS) is 15.2. The summed E-state index contributed by atoms with van der Waals surface area (Å²) in [6.07, 6.45) is 5.88. The summed E-state index contributed by atoms with van der Waals surface area (Å²) in [5.74, 6) is 0.0377. The molecule has 0 radical (unpaired) electrons. The van der Waals surface area contributed by atoms with Crippen molar-refractivity contribution in [1.29, 1.82) is 0 Å². The molecule has 0 heterocycles. The highest BCUT2D eigenvalue weighted by atomic mass is 16.2. The Kier molecular flexibility index (Phi) is 7.84. The molecule has 0 saturated heterocycles. The summed E-state index contributed by atoms with van der Waals surface area (Å²) in [5, 5.41) is 2.99. The summed E-state index contributed by atoms with van der Waals surface area (Å²) in [7, 11) is 1.83. The molecule has 5 heteroatoms. The Hall–Kier alpha value is -1.88. The molecule has 1 N–H and O–H groups in total. The van der Waals surface area contributed by atoms with Crippen molar-refractivity contribution in [2.24, 2.45) is 0 Å². The van der Waals surface area contributed by atoms with Crippen LogP contribution in [0.25, 0.3) is 0 Å². The maximum absolute atomic E-state index is 12.9. The molecule has 0 unspecified atom stereocenters. The first-order chi connectivity index (χ1) is 12.8. The number of anilines is 1. The molecule has 2 rings (SSSR count). The Balaban J connectivity index is 1.91. The molecule has 1 fully saturated rings. The van der Waals surface area contributed by atoms with Crippen molar-refractivity contribution < 1.29 is 9.59 Å². The molecule has 27 heavy (non-hydrogen) atoms. The zero-order valence-corrected chi connectivity index (χ0v) is 17.5. The minimum atomic E-state index is -0.0866. The minimum Gasteiger partial charge on any atom is -0.336 e. The van der Waals surface area contributed by atoms with Gasteiger partial charge in [0, 0.05) is 17.8 Å². The van der Waals surface area contributed by atoms with E-state index < -0.39 is 0 Å². The van der Waals surface area contributed by atoms with Crippen LogP contribution in [0.15, 0.2) is 18.2 Å². The van der Waals surface area contributed by atoms with Gasteiger partial charge in [-0.15, -0.1) is 0 Å². The van der Waals surface area contributed by atoms with Crippen molar-refractivity contribution in [1.82, 2.24) is 9.80 Å². The average Bonchev–Trinajstić information content (AvgIpc) is 2.58. The van der Waals surface area contributed by atoms with Gasteiger partial charge < -0.3 is 10.2 Å². The number of rotatable bonds is 7. The van der Waals surface area contributed by atoms with Gasteiger partial charge in [-0.05, 0) is 58.7 Å². The number of aryl methyl sites for hydroxylation is 2. The average molecular weight is 374 g/mol. The van der Waals surface area contributed by atoms with E-state index in [1.165, 1.54) is 19.3 Å². The third-order valence-electron chi connectivity index (χ3n) is 5.38. The predicted molar refractivity (Wildman–Crippen MR) is 111 cm³/mol. The maximum Gasteiger partial charge on any atom is 0.238 e. The molecule has 1 aliphatic rings. The van der Waals surface area contributed by atoms with Crippen LogP contribution in [0, 0.1) is 13.8 Å². The number of para-hydroxylation sites is 1. The number of carbonyl (C=O) groups is 2. The summed E-state index contributed by atoms with van der Waals surface area (Å²) in [5.41, 5.74) is 2.96. The smallest absolute Gasteiger partial charge is 0.238 e. The van der Waals surface area contributed by atoms with Gasteiger partial charge in [0.05, 0.1) is 13.1 Å². The van der Waals surface area contributed by atoms with Crippen LogP contribution in [-0.2, 0) is 9.59 Å². The van der Waals surface area contributed by atoms with E-state index >= 15 is 0 Å². The molecular formula is C22H35N3O2. The number of hydrogen-bond donors (Lipinski definition) is 1. The van der Waals surface area contributed by atoms with Crippen molar-refractivity contribution in [2.45, 2.75) is 71.9 Å². The van der Waals surface area contributed by atoms with E-state index in [1.54, 1.807) is 0 Å². The highest BCUT2D eigenvalue weighted by Crippen LogP contribution is 2.24. The Morgan fingerprint density at radius 2 is 1.67 bits per heavy atom. The van der Waals surface area contributed by atoms with Crippen LogP contribution in [0.1, 0.15) is 57.1 Å². The Labute approximate surface area is 164 Å². The number of carbonyl (C=O) groups excluding carboxylic acids is 2. The minimum absolute atomic E-state index is 0.0866. The number of amides is 2. The van der Waals surface area contributed by atoms with E-state index in [-0.39, 0.29) is 30.9 Å². The van der Waals surface area contributed by atoms with Crippen LogP contribution >= 0.6 is 0 Å². The van der Waals surface area contributed by atoms with Crippen molar-refractivity contribution in [3.8, 4) is 0 Å². The van der Waals surface area contributed by atoms with Gasteiger partial charge in [0.25, 0.3) is 0 Å². The SMILES string of the molecule is Cc1cccc(C)c1NC(=O)CN(C)CC(=O)N(C(C)C)C1CCCCC1. The van der Waals surface area contributed by atoms with Crippen molar-refractivity contribution >= 4 is 17.5 Å². The first kappa shape index (κ1) is 21.4. The molecule has 5 nitrogen and oxygen atoms in total. The third-order valence-corrected chi connectivity index (χ3v) is 5.38. The van der Waals surface area contributed by atoms with Gasteiger partial charge in [0.1, 0.15) is 0 Å². The van der Waals surface area contributed by atoms with E-state index in [9.17, 15) is 9.59 Å². The van der Waals surface area contributed by atoms with Crippen molar-refractivity contribution in [3.05, 3.63) is 29.3 Å². The Morgan fingerprint density at radius 3 is 2.22 bits per heavy atom. The zero-order chi connectivity index (χ0) is 20.0. The van der Waals surface area contributed by atoms with Crippen LogP contribution in [0.3, 0.4) is 0 Å². The fraction of sp³-hybridized carbons (Fsp3) is 0.636. The third kappa shape index (κ3) is 6.06. The van der Waals surface area contributed by atoms with Gasteiger partial charge in [0.15, 0.2) is 0 Å². The first-order valence-corrected chi connectivity index (χ1v) is 10.2. The molecule has 0 aliphatic heterocycles. The maximum atomic E-state index is 12.9. The van der Waals surface area contributed by atoms with Crippen LogP contribution in [0.4, 0.5) is 5.69 Å². The lowest BCUT2D eigenvalue weighted by Crippen LogP contribution is -2.49. The summed E-state index contributed by atoms with van der Waals surface area (Å²) in [6.45, 7) is 8.62. The predicted octanol–water partition coefficient (Wildman–Crippen LogP) is 3.74. The van der Waals surface area contributed by atoms with Gasteiger partial charge in [0.2, 0.25) is 11.8 Å². The van der Waals surface area contributed by atoms with E-state index in [0.29, 0.717) is 6.04 Å². The van der Waals surface area contributed by atoms with E-state index in [4.69, 9.17) is 0 Å². The molecule has 1 saturated carbocycles. The molecule has 1 aromatic carbocycles. The highest BCUT2D eigenvalue weighted by molar-refractivity contribution is 5.94. The largest absolute Gasteiger partial charge is 0.336 e. The standard InChI is InChI=1S/C22H35N3O2/c1-16(2)25(19-12-7-6-8-13-19)21(27)15-24(5)14-20(26)23-22-17(3)10-9-11-18(22)4/h9-11,16,19H,6-8,12-15H2,1-5H3,(H,23,26). The number of nitrogens with one attached hydrogen (secondary N) is 1. The summed E-state index contributed by atoms with van der Waals surface area (Å²) in [4.78, 5) is 29.2. The Bertz CT molecular complexity index is 631. The molecule has 150 valence electrons. The second kappa shape index (κ2) is 9.88.